The van der Waals surface area contributed by atoms with E-state index in [1.807, 2.05) is 7.05 Å². The molecule has 2 saturated heterocycles. The molecule has 2 N–H and O–H groups in total. The van der Waals surface area contributed by atoms with Crippen molar-refractivity contribution in [2.24, 2.45) is 4.99 Å². The number of piperazine rings is 1. The summed E-state index contributed by atoms with van der Waals surface area (Å²) in [6.07, 6.45) is 6.83. The van der Waals surface area contributed by atoms with Crippen molar-refractivity contribution in [2.75, 3.05) is 52.9 Å². The Bertz CT molecular complexity index is 695. The lowest BCUT2D eigenvalue weighted by atomic mass is 10.1. The van der Waals surface area contributed by atoms with Gasteiger partial charge in [-0.2, -0.15) is 0 Å². The predicted octanol–water partition coefficient (Wildman–Crippen LogP) is 3.12. The minimum Gasteiger partial charge on any atom is -0.352 e. The van der Waals surface area contributed by atoms with Crippen LogP contribution in [0, 0.1) is 0 Å². The Morgan fingerprint density at radius 1 is 0.938 bits per heavy atom. The van der Waals surface area contributed by atoms with Gasteiger partial charge in [-0.25, -0.2) is 0 Å². The number of hydrogen-bond acceptors (Lipinski definition) is 4. The van der Waals surface area contributed by atoms with Crippen LogP contribution >= 0.6 is 24.0 Å². The van der Waals surface area contributed by atoms with E-state index in [1.54, 1.807) is 0 Å². The average molecular weight is 555 g/mol. The van der Waals surface area contributed by atoms with E-state index in [-0.39, 0.29) is 24.0 Å². The molecule has 4 rings (SSSR count). The predicted molar refractivity (Wildman–Crippen MR) is 145 cm³/mol. The highest BCUT2D eigenvalue weighted by Crippen LogP contribution is 2.26. The molecule has 3 fully saturated rings. The van der Waals surface area contributed by atoms with Crippen LogP contribution in [-0.4, -0.2) is 85.6 Å². The number of benzene rings is 1. The number of aliphatic imine (C=N–C) groups is 1. The van der Waals surface area contributed by atoms with Gasteiger partial charge in [-0.1, -0.05) is 44.0 Å². The zero-order chi connectivity index (χ0) is 21.5. The van der Waals surface area contributed by atoms with Crippen molar-refractivity contribution in [2.45, 2.75) is 64.2 Å². The highest BCUT2D eigenvalue weighted by molar-refractivity contribution is 14.0. The fourth-order valence-corrected chi connectivity index (χ4v) is 5.36. The van der Waals surface area contributed by atoms with Crippen LogP contribution < -0.4 is 10.6 Å². The lowest BCUT2D eigenvalue weighted by Crippen LogP contribution is -2.45. The van der Waals surface area contributed by atoms with Crippen LogP contribution in [-0.2, 0) is 13.1 Å². The molecule has 2 aliphatic heterocycles. The smallest absolute Gasteiger partial charge is 0.191 e. The standard InChI is InChI=1S/C25H42N6.HI/c1-3-29-14-16-30(17-15-29)19-22-10-8-21(9-11-22)18-27-25(26-2)28-23-12-13-31(20-23)24-6-4-5-7-24;/h8-11,23-24H,3-7,12-20H2,1-2H3,(H2,26,27,28);1H. The second-order valence-corrected chi connectivity index (χ2v) is 9.52. The Morgan fingerprint density at radius 2 is 1.59 bits per heavy atom. The number of rotatable bonds is 7. The molecule has 1 aliphatic carbocycles. The Balaban J connectivity index is 0.00000289. The molecule has 0 aromatic heterocycles. The molecule has 0 radical (unpaired) electrons. The first-order chi connectivity index (χ1) is 15.2. The number of likely N-dealkylation sites (N-methyl/N-ethyl adjacent to an activating group) is 1. The number of nitrogens with one attached hydrogen (secondary N) is 2. The maximum absolute atomic E-state index is 4.46. The molecule has 2 heterocycles. The fraction of sp³-hybridized carbons (Fsp3) is 0.720. The molecule has 1 atom stereocenters. The highest BCUT2D eigenvalue weighted by atomic mass is 127. The van der Waals surface area contributed by atoms with Crippen LogP contribution in [0.25, 0.3) is 0 Å². The van der Waals surface area contributed by atoms with Crippen LogP contribution in [0.5, 0.6) is 0 Å². The van der Waals surface area contributed by atoms with Crippen LogP contribution in [0.3, 0.4) is 0 Å². The summed E-state index contributed by atoms with van der Waals surface area (Å²) in [7, 11) is 1.88. The van der Waals surface area contributed by atoms with E-state index in [0.29, 0.717) is 6.04 Å². The van der Waals surface area contributed by atoms with E-state index in [4.69, 9.17) is 0 Å². The summed E-state index contributed by atoms with van der Waals surface area (Å²) in [5.74, 6) is 0.927. The molecule has 0 spiro atoms. The van der Waals surface area contributed by atoms with Gasteiger partial charge >= 0.3 is 0 Å². The number of nitrogens with zero attached hydrogens (tertiary/aromatic N) is 4. The molecule has 1 saturated carbocycles. The summed E-state index contributed by atoms with van der Waals surface area (Å²) in [6.45, 7) is 12.5. The van der Waals surface area contributed by atoms with Crippen LogP contribution in [0.4, 0.5) is 0 Å². The van der Waals surface area contributed by atoms with Crippen LogP contribution in [0.15, 0.2) is 29.3 Å². The third-order valence-corrected chi connectivity index (χ3v) is 7.43. The largest absolute Gasteiger partial charge is 0.352 e. The van der Waals surface area contributed by atoms with Gasteiger partial charge < -0.3 is 15.5 Å². The van der Waals surface area contributed by atoms with Crippen molar-refractivity contribution in [3.05, 3.63) is 35.4 Å². The molecule has 1 aromatic rings. The second-order valence-electron chi connectivity index (χ2n) is 9.52. The molecular weight excluding hydrogens is 511 g/mol. The normalized spacial score (nSPS) is 23.9. The quantitative estimate of drug-likeness (QED) is 0.308. The summed E-state index contributed by atoms with van der Waals surface area (Å²) in [5.41, 5.74) is 2.72. The van der Waals surface area contributed by atoms with Crippen molar-refractivity contribution in [3.8, 4) is 0 Å². The molecule has 0 amide bonds. The third kappa shape index (κ3) is 7.30. The average Bonchev–Trinajstić information content (AvgIpc) is 3.50. The Labute approximate surface area is 212 Å². The first-order valence-electron chi connectivity index (χ1n) is 12.5. The van der Waals surface area contributed by atoms with E-state index < -0.39 is 0 Å². The molecule has 3 aliphatic rings. The zero-order valence-electron chi connectivity index (χ0n) is 20.1. The van der Waals surface area contributed by atoms with Gasteiger partial charge in [0.25, 0.3) is 0 Å². The SMILES string of the molecule is CCN1CCN(Cc2ccc(CNC(=NC)NC3CCN(C4CCCC4)C3)cc2)CC1.I. The summed E-state index contributed by atoms with van der Waals surface area (Å²) in [4.78, 5) is 12.3. The van der Waals surface area contributed by atoms with E-state index in [2.05, 4.69) is 61.5 Å². The van der Waals surface area contributed by atoms with Crippen molar-refractivity contribution >= 4 is 29.9 Å². The van der Waals surface area contributed by atoms with E-state index in [0.717, 1.165) is 31.6 Å². The zero-order valence-corrected chi connectivity index (χ0v) is 22.4. The summed E-state index contributed by atoms with van der Waals surface area (Å²) < 4.78 is 0. The molecular formula is C25H43IN6. The van der Waals surface area contributed by atoms with Gasteiger partial charge in [0.2, 0.25) is 0 Å². The molecule has 6 nitrogen and oxygen atoms in total. The van der Waals surface area contributed by atoms with Crippen molar-refractivity contribution < 1.29 is 0 Å². The molecule has 1 aromatic carbocycles. The highest BCUT2D eigenvalue weighted by Gasteiger charge is 2.30. The van der Waals surface area contributed by atoms with Crippen LogP contribution in [0.1, 0.15) is 50.2 Å². The third-order valence-electron chi connectivity index (χ3n) is 7.43. The van der Waals surface area contributed by atoms with E-state index >= 15 is 0 Å². The van der Waals surface area contributed by atoms with Gasteiger partial charge in [-0.15, -0.1) is 24.0 Å². The van der Waals surface area contributed by atoms with Crippen LogP contribution in [0.2, 0.25) is 0 Å². The first kappa shape index (κ1) is 25.7. The Morgan fingerprint density at radius 3 is 2.25 bits per heavy atom. The topological polar surface area (TPSA) is 46.1 Å². The molecule has 1 unspecified atom stereocenters. The van der Waals surface area contributed by atoms with Crippen molar-refractivity contribution in [3.63, 3.8) is 0 Å². The van der Waals surface area contributed by atoms with Crippen molar-refractivity contribution in [1.82, 2.24) is 25.3 Å². The Hall–Kier alpha value is -0.900. The monoisotopic (exact) mass is 554 g/mol. The van der Waals surface area contributed by atoms with E-state index in [9.17, 15) is 0 Å². The minimum absolute atomic E-state index is 0. The van der Waals surface area contributed by atoms with Crippen molar-refractivity contribution in [1.29, 1.82) is 0 Å². The molecule has 7 heteroatoms. The van der Waals surface area contributed by atoms with Gasteiger partial charge in [-0.05, 0) is 36.9 Å². The molecule has 32 heavy (non-hydrogen) atoms. The molecule has 0 bridgehead atoms. The molecule has 180 valence electrons. The summed E-state index contributed by atoms with van der Waals surface area (Å²) >= 11 is 0. The maximum Gasteiger partial charge on any atom is 0.191 e. The van der Waals surface area contributed by atoms with Gasteiger partial charge in [0.05, 0.1) is 0 Å². The minimum atomic E-state index is 0. The number of likely N-dealkylation sites (tertiary alicyclic amines) is 1. The number of hydrogen-bond donors (Lipinski definition) is 2. The lowest BCUT2D eigenvalue weighted by molar-refractivity contribution is 0.132. The first-order valence-corrected chi connectivity index (χ1v) is 12.5. The van der Waals surface area contributed by atoms with Gasteiger partial charge in [-0.3, -0.25) is 14.8 Å². The van der Waals surface area contributed by atoms with Gasteiger partial charge in [0.15, 0.2) is 5.96 Å². The van der Waals surface area contributed by atoms with Gasteiger partial charge in [0.1, 0.15) is 0 Å². The van der Waals surface area contributed by atoms with Gasteiger partial charge in [0, 0.05) is 71.5 Å². The Kier molecular flexibility index (Phi) is 10.5. The number of halogens is 1. The maximum atomic E-state index is 4.46. The lowest BCUT2D eigenvalue weighted by Gasteiger charge is -2.34. The van der Waals surface area contributed by atoms with E-state index in [1.165, 1.54) is 82.5 Å². The summed E-state index contributed by atoms with van der Waals surface area (Å²) in [5, 5.41) is 7.16. The number of guanidine groups is 1. The summed E-state index contributed by atoms with van der Waals surface area (Å²) in [6, 6.07) is 10.4. The fourth-order valence-electron chi connectivity index (χ4n) is 5.36. The second kappa shape index (κ2) is 13.1.